The zero-order valence-corrected chi connectivity index (χ0v) is 18.1. The molecule has 1 fully saturated rings. The van der Waals surface area contributed by atoms with Crippen molar-refractivity contribution in [3.63, 3.8) is 0 Å². The Kier molecular flexibility index (Phi) is 7.18. The molecule has 5 nitrogen and oxygen atoms in total. The Morgan fingerprint density at radius 2 is 2.08 bits per heavy atom. The molecule has 0 saturated carbocycles. The summed E-state index contributed by atoms with van der Waals surface area (Å²) in [5.41, 5.74) is 0.905. The molecule has 1 saturated heterocycles. The van der Waals surface area contributed by atoms with Crippen molar-refractivity contribution in [2.24, 2.45) is 4.99 Å². The number of hydrogen-bond acceptors (Lipinski definition) is 5. The van der Waals surface area contributed by atoms with Crippen molar-refractivity contribution >= 4 is 51.5 Å². The zero-order chi connectivity index (χ0) is 18.6. The summed E-state index contributed by atoms with van der Waals surface area (Å²) in [6, 6.07) is 3.89. The average molecular weight is 474 g/mol. The predicted molar refractivity (Wildman–Crippen MR) is 112 cm³/mol. The number of likely N-dealkylation sites (N-methyl/N-ethyl adjacent to an activating group) is 1. The van der Waals surface area contributed by atoms with Crippen molar-refractivity contribution in [3.8, 4) is 11.5 Å². The van der Waals surface area contributed by atoms with E-state index in [0.717, 1.165) is 20.1 Å². The quantitative estimate of drug-likeness (QED) is 0.453. The van der Waals surface area contributed by atoms with Crippen LogP contribution in [0, 0.1) is 3.57 Å². The second-order valence-corrected chi connectivity index (χ2v) is 7.79. The first-order chi connectivity index (χ1) is 11.9. The fourth-order valence-electron chi connectivity index (χ4n) is 2.36. The molecule has 7 heteroatoms. The maximum absolute atomic E-state index is 12.6. The van der Waals surface area contributed by atoms with Gasteiger partial charge in [-0.25, -0.2) is 0 Å². The third-order valence-corrected chi connectivity index (χ3v) is 5.25. The van der Waals surface area contributed by atoms with Gasteiger partial charge in [0.15, 0.2) is 16.7 Å². The third-order valence-electron chi connectivity index (χ3n) is 3.40. The maximum Gasteiger partial charge on any atom is 0.266 e. The average Bonchev–Trinajstić information content (AvgIpc) is 2.84. The number of methoxy groups -OCH3 is 1. The third kappa shape index (κ3) is 4.69. The Morgan fingerprint density at radius 1 is 1.36 bits per heavy atom. The topological polar surface area (TPSA) is 51.1 Å². The second-order valence-electron chi connectivity index (χ2n) is 5.62. The van der Waals surface area contributed by atoms with E-state index < -0.39 is 0 Å². The lowest BCUT2D eigenvalue weighted by molar-refractivity contribution is -0.122. The van der Waals surface area contributed by atoms with E-state index in [0.29, 0.717) is 23.7 Å². The first kappa shape index (κ1) is 20.1. The van der Waals surface area contributed by atoms with Crippen LogP contribution in [0.15, 0.2) is 22.0 Å². The highest BCUT2D eigenvalue weighted by atomic mass is 127. The Hall–Kier alpha value is -1.22. The number of nitrogens with zero attached hydrogens (tertiary/aromatic N) is 2. The molecule has 0 radical (unpaired) electrons. The van der Waals surface area contributed by atoms with Crippen molar-refractivity contribution in [1.82, 2.24) is 4.90 Å². The highest BCUT2D eigenvalue weighted by molar-refractivity contribution is 14.1. The lowest BCUT2D eigenvalue weighted by Crippen LogP contribution is -2.28. The van der Waals surface area contributed by atoms with E-state index in [9.17, 15) is 4.79 Å². The Bertz CT molecular complexity index is 717. The van der Waals surface area contributed by atoms with E-state index in [2.05, 4.69) is 27.6 Å². The lowest BCUT2D eigenvalue weighted by Gasteiger charge is -2.16. The highest BCUT2D eigenvalue weighted by Gasteiger charge is 2.31. The molecule has 1 aliphatic rings. The number of amidine groups is 1. The number of hydrogen-bond donors (Lipinski definition) is 0. The molecule has 0 aliphatic carbocycles. The van der Waals surface area contributed by atoms with E-state index in [4.69, 9.17) is 9.47 Å². The van der Waals surface area contributed by atoms with Crippen LogP contribution in [0.5, 0.6) is 11.5 Å². The molecule has 1 heterocycles. The van der Waals surface area contributed by atoms with Gasteiger partial charge in [-0.05, 0) is 85.8 Å². The largest absolute Gasteiger partial charge is 0.493 e. The fourth-order valence-corrected chi connectivity index (χ4v) is 4.22. The fraction of sp³-hybridized carbons (Fsp3) is 0.444. The Balaban J connectivity index is 2.39. The van der Waals surface area contributed by atoms with Crippen molar-refractivity contribution in [2.75, 3.05) is 20.2 Å². The molecule has 1 aliphatic heterocycles. The van der Waals surface area contributed by atoms with Crippen LogP contribution in [-0.4, -0.2) is 42.3 Å². The molecule has 136 valence electrons. The molecule has 1 aromatic carbocycles. The summed E-state index contributed by atoms with van der Waals surface area (Å²) in [4.78, 5) is 19.4. The summed E-state index contributed by atoms with van der Waals surface area (Å²) >= 11 is 3.65. The molecular weight excluding hydrogens is 451 g/mol. The van der Waals surface area contributed by atoms with Crippen molar-refractivity contribution < 1.29 is 14.3 Å². The first-order valence-corrected chi connectivity index (χ1v) is 10.1. The van der Waals surface area contributed by atoms with Gasteiger partial charge in [0.2, 0.25) is 0 Å². The number of aliphatic imine (C=N–C) groups is 1. The SMILES string of the molecule is CCN=C1S/C(=C/c2cc(I)c(OC(C)C)c(OC)c2)C(=O)N1CC. The predicted octanol–water partition coefficient (Wildman–Crippen LogP) is 4.40. The summed E-state index contributed by atoms with van der Waals surface area (Å²) in [5, 5.41) is 0.766. The molecule has 0 N–H and O–H groups in total. The number of amides is 1. The maximum atomic E-state index is 12.6. The van der Waals surface area contributed by atoms with Crippen LogP contribution in [0.4, 0.5) is 0 Å². The Morgan fingerprint density at radius 3 is 2.64 bits per heavy atom. The monoisotopic (exact) mass is 474 g/mol. The van der Waals surface area contributed by atoms with Crippen molar-refractivity contribution in [1.29, 1.82) is 0 Å². The molecule has 0 spiro atoms. The van der Waals surface area contributed by atoms with Crippen LogP contribution in [-0.2, 0) is 4.79 Å². The summed E-state index contributed by atoms with van der Waals surface area (Å²) in [6.07, 6.45) is 1.95. The van der Waals surface area contributed by atoms with E-state index >= 15 is 0 Å². The summed E-state index contributed by atoms with van der Waals surface area (Å²) in [6.45, 7) is 9.15. The van der Waals surface area contributed by atoms with Gasteiger partial charge in [0.1, 0.15) is 0 Å². The highest BCUT2D eigenvalue weighted by Crippen LogP contribution is 2.37. The Labute approximate surface area is 167 Å². The molecule has 1 amide bonds. The van der Waals surface area contributed by atoms with Gasteiger partial charge in [-0.3, -0.25) is 14.7 Å². The molecule has 1 aromatic rings. The van der Waals surface area contributed by atoms with Gasteiger partial charge < -0.3 is 9.47 Å². The standard InChI is InChI=1S/C18H23IN2O3S/c1-6-20-18-21(7-2)17(22)15(25-18)10-12-8-13(19)16(24-11(3)4)14(9-12)23-5/h8-11H,6-7H2,1-5H3/b15-10+,20-18?. The molecule has 0 bridgehead atoms. The van der Waals surface area contributed by atoms with Crippen LogP contribution in [0.25, 0.3) is 6.08 Å². The van der Waals surface area contributed by atoms with Gasteiger partial charge in [-0.1, -0.05) is 0 Å². The minimum atomic E-state index is -0.00354. The van der Waals surface area contributed by atoms with Gasteiger partial charge in [-0.2, -0.15) is 0 Å². The minimum absolute atomic E-state index is 0.00354. The molecule has 2 rings (SSSR count). The summed E-state index contributed by atoms with van der Waals surface area (Å²) in [7, 11) is 1.62. The van der Waals surface area contributed by atoms with Crippen LogP contribution >= 0.6 is 34.4 Å². The lowest BCUT2D eigenvalue weighted by atomic mass is 10.2. The normalized spacial score (nSPS) is 17.9. The minimum Gasteiger partial charge on any atom is -0.493 e. The van der Waals surface area contributed by atoms with E-state index in [1.54, 1.807) is 12.0 Å². The molecule has 0 atom stereocenters. The second kappa shape index (κ2) is 8.93. The van der Waals surface area contributed by atoms with Crippen LogP contribution < -0.4 is 9.47 Å². The zero-order valence-electron chi connectivity index (χ0n) is 15.1. The molecule has 0 unspecified atom stereocenters. The molecular formula is C18H23IN2O3S. The number of ether oxygens (including phenoxy) is 2. The van der Waals surface area contributed by atoms with Crippen molar-refractivity contribution in [3.05, 3.63) is 26.2 Å². The van der Waals surface area contributed by atoms with Gasteiger partial charge in [0.25, 0.3) is 5.91 Å². The van der Waals surface area contributed by atoms with Gasteiger partial charge >= 0.3 is 0 Å². The number of carbonyl (C=O) groups excluding carboxylic acids is 1. The number of halogens is 1. The van der Waals surface area contributed by atoms with Gasteiger partial charge in [0.05, 0.1) is 21.7 Å². The van der Waals surface area contributed by atoms with Crippen LogP contribution in [0.3, 0.4) is 0 Å². The van der Waals surface area contributed by atoms with Gasteiger partial charge in [0, 0.05) is 13.1 Å². The van der Waals surface area contributed by atoms with Crippen molar-refractivity contribution in [2.45, 2.75) is 33.8 Å². The van der Waals surface area contributed by atoms with E-state index in [1.165, 1.54) is 11.8 Å². The number of carbonyl (C=O) groups is 1. The number of thioether (sulfide) groups is 1. The van der Waals surface area contributed by atoms with E-state index in [-0.39, 0.29) is 12.0 Å². The summed E-state index contributed by atoms with van der Waals surface area (Å²) < 4.78 is 12.3. The van der Waals surface area contributed by atoms with Crippen LogP contribution in [0.1, 0.15) is 33.3 Å². The first-order valence-electron chi connectivity index (χ1n) is 8.21. The van der Waals surface area contributed by atoms with Gasteiger partial charge in [-0.15, -0.1) is 0 Å². The summed E-state index contributed by atoms with van der Waals surface area (Å²) in [5.74, 6) is 1.39. The molecule has 0 aromatic heterocycles. The smallest absolute Gasteiger partial charge is 0.266 e. The number of rotatable bonds is 6. The van der Waals surface area contributed by atoms with E-state index in [1.807, 2.05) is 45.9 Å². The molecule has 25 heavy (non-hydrogen) atoms. The van der Waals surface area contributed by atoms with Crippen LogP contribution in [0.2, 0.25) is 0 Å². The number of benzene rings is 1.